The van der Waals surface area contributed by atoms with Crippen LogP contribution in [0.5, 0.6) is 5.75 Å². The molecule has 2 atom stereocenters. The van der Waals surface area contributed by atoms with Crippen molar-refractivity contribution in [3.63, 3.8) is 0 Å². The molecule has 5 heteroatoms. The molecule has 1 aliphatic carbocycles. The summed E-state index contributed by atoms with van der Waals surface area (Å²) in [5.41, 5.74) is 0.670. The number of carbonyl (C=O) groups is 2. The molecule has 1 fully saturated rings. The van der Waals surface area contributed by atoms with E-state index in [4.69, 9.17) is 4.74 Å². The van der Waals surface area contributed by atoms with Gasteiger partial charge in [-0.15, -0.1) is 0 Å². The highest BCUT2D eigenvalue weighted by molar-refractivity contribution is 5.97. The number of amides is 2. The van der Waals surface area contributed by atoms with Crippen molar-refractivity contribution in [2.75, 3.05) is 12.4 Å². The quantitative estimate of drug-likeness (QED) is 0.772. The molecule has 1 aliphatic rings. The van der Waals surface area contributed by atoms with E-state index in [0.29, 0.717) is 17.4 Å². The zero-order valence-corrected chi connectivity index (χ0v) is 16.4. The van der Waals surface area contributed by atoms with E-state index in [0.717, 1.165) is 32.1 Å². The van der Waals surface area contributed by atoms with Gasteiger partial charge in [0.25, 0.3) is 0 Å². The van der Waals surface area contributed by atoms with Crippen LogP contribution in [0.3, 0.4) is 0 Å². The summed E-state index contributed by atoms with van der Waals surface area (Å²) < 4.78 is 5.20. The van der Waals surface area contributed by atoms with Gasteiger partial charge in [0.05, 0.1) is 7.11 Å². The average Bonchev–Trinajstić information content (AvgIpc) is 2.65. The van der Waals surface area contributed by atoms with E-state index in [1.807, 2.05) is 32.0 Å². The Bertz CT molecular complexity index is 609. The summed E-state index contributed by atoms with van der Waals surface area (Å²) in [6, 6.07) is 6.72. The normalized spacial score (nSPS) is 22.2. The number of nitrogens with one attached hydrogen (secondary N) is 2. The molecule has 0 radical (unpaired) electrons. The van der Waals surface area contributed by atoms with Gasteiger partial charge in [0.2, 0.25) is 11.8 Å². The molecule has 5 nitrogen and oxygen atoms in total. The molecule has 0 saturated heterocycles. The Labute approximate surface area is 156 Å². The number of anilines is 1. The third-order valence-electron chi connectivity index (χ3n) is 5.52. The van der Waals surface area contributed by atoms with Crippen LogP contribution in [0, 0.1) is 17.8 Å². The Morgan fingerprint density at radius 1 is 1.23 bits per heavy atom. The third kappa shape index (κ3) is 5.48. The summed E-state index contributed by atoms with van der Waals surface area (Å²) in [6.45, 7) is 6.27. The van der Waals surface area contributed by atoms with Crippen molar-refractivity contribution in [1.29, 1.82) is 0 Å². The predicted molar refractivity (Wildman–Crippen MR) is 104 cm³/mol. The predicted octanol–water partition coefficient (Wildman–Crippen LogP) is 3.99. The van der Waals surface area contributed by atoms with Crippen molar-refractivity contribution in [3.05, 3.63) is 24.3 Å². The van der Waals surface area contributed by atoms with E-state index in [1.54, 1.807) is 13.2 Å². The minimum Gasteiger partial charge on any atom is -0.497 e. The molecule has 1 aromatic carbocycles. The van der Waals surface area contributed by atoms with Crippen LogP contribution in [-0.4, -0.2) is 25.0 Å². The van der Waals surface area contributed by atoms with E-state index >= 15 is 0 Å². The number of hydrogen-bond acceptors (Lipinski definition) is 3. The maximum Gasteiger partial charge on any atom is 0.247 e. The Morgan fingerprint density at radius 2 is 1.92 bits per heavy atom. The highest BCUT2D eigenvalue weighted by atomic mass is 16.5. The van der Waals surface area contributed by atoms with Gasteiger partial charge in [0, 0.05) is 17.7 Å². The van der Waals surface area contributed by atoms with Crippen molar-refractivity contribution < 1.29 is 14.3 Å². The minimum atomic E-state index is -0.530. The zero-order valence-electron chi connectivity index (χ0n) is 16.4. The lowest BCUT2D eigenvalue weighted by Gasteiger charge is -2.29. The summed E-state index contributed by atoms with van der Waals surface area (Å²) in [4.78, 5) is 25.5. The van der Waals surface area contributed by atoms with Gasteiger partial charge < -0.3 is 15.4 Å². The largest absolute Gasteiger partial charge is 0.497 e. The molecule has 0 spiro atoms. The molecular formula is C21H32N2O3. The smallest absolute Gasteiger partial charge is 0.247 e. The molecule has 0 bridgehead atoms. The Morgan fingerprint density at radius 3 is 2.54 bits per heavy atom. The van der Waals surface area contributed by atoms with Crippen molar-refractivity contribution in [2.45, 2.75) is 58.9 Å². The van der Waals surface area contributed by atoms with Gasteiger partial charge in [-0.2, -0.15) is 0 Å². The SMILES string of the molecule is CC[C@H](C)[C@@H](NC(=O)C1CCC(C)CC1)C(=O)Nc1cccc(OC)c1. The fourth-order valence-corrected chi connectivity index (χ4v) is 3.42. The van der Waals surface area contributed by atoms with Crippen LogP contribution in [0.15, 0.2) is 24.3 Å². The van der Waals surface area contributed by atoms with Crippen LogP contribution < -0.4 is 15.4 Å². The van der Waals surface area contributed by atoms with Crippen molar-refractivity contribution in [3.8, 4) is 5.75 Å². The van der Waals surface area contributed by atoms with E-state index in [2.05, 4.69) is 17.6 Å². The standard InChI is InChI=1S/C21H32N2O3/c1-5-15(3)19(23-20(24)16-11-9-14(2)10-12-16)21(25)22-17-7-6-8-18(13-17)26-4/h6-8,13-16,19H,5,9-12H2,1-4H3,(H,22,25)(H,23,24)/t14?,15-,16?,19+/m0/s1. The van der Waals surface area contributed by atoms with Gasteiger partial charge in [-0.25, -0.2) is 0 Å². The Balaban J connectivity index is 2.03. The molecular weight excluding hydrogens is 328 g/mol. The van der Waals surface area contributed by atoms with Crippen LogP contribution in [0.25, 0.3) is 0 Å². The second kappa shape index (κ2) is 9.60. The highest BCUT2D eigenvalue weighted by Gasteiger charge is 2.30. The van der Waals surface area contributed by atoms with Crippen LogP contribution in [0.4, 0.5) is 5.69 Å². The molecule has 144 valence electrons. The second-order valence-electron chi connectivity index (χ2n) is 7.55. The van der Waals surface area contributed by atoms with Gasteiger partial charge in [-0.1, -0.05) is 33.3 Å². The number of rotatable bonds is 7. The fourth-order valence-electron chi connectivity index (χ4n) is 3.42. The molecule has 0 aromatic heterocycles. The summed E-state index contributed by atoms with van der Waals surface area (Å²) in [5, 5.41) is 5.93. The Hall–Kier alpha value is -2.04. The van der Waals surface area contributed by atoms with Crippen molar-refractivity contribution in [2.24, 2.45) is 17.8 Å². The van der Waals surface area contributed by atoms with E-state index < -0.39 is 6.04 Å². The van der Waals surface area contributed by atoms with Crippen LogP contribution in [0.1, 0.15) is 52.9 Å². The molecule has 0 unspecified atom stereocenters. The van der Waals surface area contributed by atoms with Gasteiger partial charge in [-0.3, -0.25) is 9.59 Å². The molecule has 0 heterocycles. The number of hydrogen-bond donors (Lipinski definition) is 2. The van der Waals surface area contributed by atoms with Crippen LogP contribution >= 0.6 is 0 Å². The molecule has 1 saturated carbocycles. The molecule has 26 heavy (non-hydrogen) atoms. The van der Waals surface area contributed by atoms with Gasteiger partial charge >= 0.3 is 0 Å². The number of ether oxygens (including phenoxy) is 1. The Kier molecular flexibility index (Phi) is 7.49. The number of carbonyl (C=O) groups excluding carboxylic acids is 2. The summed E-state index contributed by atoms with van der Waals surface area (Å²) in [5.74, 6) is 1.31. The lowest BCUT2D eigenvalue weighted by atomic mass is 9.82. The molecule has 0 aliphatic heterocycles. The zero-order chi connectivity index (χ0) is 19.1. The highest BCUT2D eigenvalue weighted by Crippen LogP contribution is 2.28. The number of benzene rings is 1. The van der Waals surface area contributed by atoms with Crippen LogP contribution in [-0.2, 0) is 9.59 Å². The second-order valence-corrected chi connectivity index (χ2v) is 7.55. The number of methoxy groups -OCH3 is 1. The first-order valence-electron chi connectivity index (χ1n) is 9.69. The van der Waals surface area contributed by atoms with Gasteiger partial charge in [0.15, 0.2) is 0 Å². The topological polar surface area (TPSA) is 67.4 Å². The lowest BCUT2D eigenvalue weighted by Crippen LogP contribution is -2.49. The van der Waals surface area contributed by atoms with E-state index in [1.165, 1.54) is 0 Å². The lowest BCUT2D eigenvalue weighted by molar-refractivity contribution is -0.131. The fraction of sp³-hybridized carbons (Fsp3) is 0.619. The first kappa shape index (κ1) is 20.3. The summed E-state index contributed by atoms with van der Waals surface area (Å²) in [7, 11) is 1.59. The molecule has 2 N–H and O–H groups in total. The van der Waals surface area contributed by atoms with Gasteiger partial charge in [-0.05, 0) is 49.7 Å². The van der Waals surface area contributed by atoms with Crippen molar-refractivity contribution in [1.82, 2.24) is 5.32 Å². The first-order valence-corrected chi connectivity index (χ1v) is 9.69. The first-order chi connectivity index (χ1) is 12.4. The molecule has 2 rings (SSSR count). The average molecular weight is 360 g/mol. The maximum atomic E-state index is 12.8. The summed E-state index contributed by atoms with van der Waals surface area (Å²) >= 11 is 0. The van der Waals surface area contributed by atoms with Crippen molar-refractivity contribution >= 4 is 17.5 Å². The van der Waals surface area contributed by atoms with Crippen LogP contribution in [0.2, 0.25) is 0 Å². The minimum absolute atomic E-state index is 0.0167. The molecule has 1 aromatic rings. The summed E-state index contributed by atoms with van der Waals surface area (Å²) in [6.07, 6.45) is 4.82. The monoisotopic (exact) mass is 360 g/mol. The molecule has 2 amide bonds. The van der Waals surface area contributed by atoms with E-state index in [-0.39, 0.29) is 23.7 Å². The van der Waals surface area contributed by atoms with Gasteiger partial charge in [0.1, 0.15) is 11.8 Å². The third-order valence-corrected chi connectivity index (χ3v) is 5.52. The van der Waals surface area contributed by atoms with E-state index in [9.17, 15) is 9.59 Å². The maximum absolute atomic E-state index is 12.8.